The molecule has 1 aromatic rings. The van der Waals surface area contributed by atoms with Gasteiger partial charge >= 0.3 is 0 Å². The van der Waals surface area contributed by atoms with Gasteiger partial charge in [-0.3, -0.25) is 4.90 Å². The van der Waals surface area contributed by atoms with Gasteiger partial charge in [-0.05, 0) is 30.7 Å². The number of nitrogens with zero attached hydrogens (tertiary/aromatic N) is 2. The van der Waals surface area contributed by atoms with Crippen molar-refractivity contribution in [2.75, 3.05) is 37.6 Å². The third-order valence-electron chi connectivity index (χ3n) is 3.42. The first-order chi connectivity index (χ1) is 8.74. The Morgan fingerprint density at radius 3 is 2.44 bits per heavy atom. The Hall–Kier alpha value is -0.440. The van der Waals surface area contributed by atoms with Gasteiger partial charge in [0, 0.05) is 32.1 Å². The van der Waals surface area contributed by atoms with Gasteiger partial charge in [0.15, 0.2) is 0 Å². The van der Waals surface area contributed by atoms with Crippen molar-refractivity contribution in [1.29, 1.82) is 0 Å². The molecule has 0 saturated carbocycles. The zero-order chi connectivity index (χ0) is 13.0. The van der Waals surface area contributed by atoms with Crippen LogP contribution in [0, 0.1) is 0 Å². The van der Waals surface area contributed by atoms with Crippen molar-refractivity contribution in [2.24, 2.45) is 0 Å². The predicted molar refractivity (Wildman–Crippen MR) is 80.0 cm³/mol. The number of halogens is 2. The minimum absolute atomic E-state index is 0.518. The topological polar surface area (TPSA) is 6.48 Å². The first kappa shape index (κ1) is 14.0. The number of rotatable bonds is 4. The minimum atomic E-state index is 0.518. The van der Waals surface area contributed by atoms with Crippen molar-refractivity contribution in [2.45, 2.75) is 19.2 Å². The van der Waals surface area contributed by atoms with E-state index >= 15 is 0 Å². The lowest BCUT2D eigenvalue weighted by Gasteiger charge is -2.36. The van der Waals surface area contributed by atoms with Gasteiger partial charge in [0.05, 0.1) is 10.7 Å². The highest BCUT2D eigenvalue weighted by Gasteiger charge is 2.18. The second-order valence-electron chi connectivity index (χ2n) is 4.75. The fourth-order valence-electron chi connectivity index (χ4n) is 2.42. The molecule has 100 valence electrons. The Labute approximate surface area is 119 Å². The van der Waals surface area contributed by atoms with E-state index in [9.17, 15) is 0 Å². The summed E-state index contributed by atoms with van der Waals surface area (Å²) < 4.78 is 0. The van der Waals surface area contributed by atoms with Crippen LogP contribution in [0.25, 0.3) is 0 Å². The fraction of sp³-hybridized carbons (Fsp3) is 0.571. The van der Waals surface area contributed by atoms with Gasteiger partial charge in [0.1, 0.15) is 0 Å². The van der Waals surface area contributed by atoms with E-state index in [4.69, 9.17) is 23.2 Å². The van der Waals surface area contributed by atoms with Crippen molar-refractivity contribution < 1.29 is 0 Å². The fourth-order valence-corrected chi connectivity index (χ4v) is 2.91. The highest BCUT2D eigenvalue weighted by Crippen LogP contribution is 2.28. The van der Waals surface area contributed by atoms with Crippen molar-refractivity contribution in [3.05, 3.63) is 28.8 Å². The molecular weight excluding hydrogens is 267 g/mol. The summed E-state index contributed by atoms with van der Waals surface area (Å²) in [5.41, 5.74) is 2.22. The van der Waals surface area contributed by atoms with Crippen LogP contribution in [0.1, 0.15) is 18.9 Å². The molecule has 0 spiro atoms. The normalized spacial score (nSPS) is 17.2. The molecule has 0 unspecified atom stereocenters. The van der Waals surface area contributed by atoms with Gasteiger partial charge in [-0.1, -0.05) is 24.6 Å². The third kappa shape index (κ3) is 3.31. The van der Waals surface area contributed by atoms with E-state index in [1.54, 1.807) is 0 Å². The van der Waals surface area contributed by atoms with Crippen molar-refractivity contribution in [3.63, 3.8) is 0 Å². The SMILES string of the molecule is CCCN1CCN(c2ccc(CCl)cc2Cl)CC1. The van der Waals surface area contributed by atoms with Gasteiger partial charge in [-0.2, -0.15) is 0 Å². The average Bonchev–Trinajstić information content (AvgIpc) is 2.40. The monoisotopic (exact) mass is 286 g/mol. The quantitative estimate of drug-likeness (QED) is 0.781. The van der Waals surface area contributed by atoms with E-state index in [-0.39, 0.29) is 0 Å². The summed E-state index contributed by atoms with van der Waals surface area (Å²) in [6, 6.07) is 6.13. The number of benzene rings is 1. The molecule has 0 atom stereocenters. The highest BCUT2D eigenvalue weighted by atomic mass is 35.5. The van der Waals surface area contributed by atoms with E-state index in [1.807, 2.05) is 6.07 Å². The molecule has 1 fully saturated rings. The molecule has 0 aliphatic carbocycles. The van der Waals surface area contributed by atoms with Crippen molar-refractivity contribution in [1.82, 2.24) is 4.90 Å². The summed E-state index contributed by atoms with van der Waals surface area (Å²) >= 11 is 12.1. The lowest BCUT2D eigenvalue weighted by atomic mass is 10.2. The van der Waals surface area contributed by atoms with E-state index in [0.717, 1.165) is 42.5 Å². The Kier molecular flexibility index (Phi) is 5.16. The molecule has 18 heavy (non-hydrogen) atoms. The number of hydrogen-bond donors (Lipinski definition) is 0. The molecule has 2 nitrogen and oxygen atoms in total. The lowest BCUT2D eigenvalue weighted by Crippen LogP contribution is -2.46. The summed E-state index contributed by atoms with van der Waals surface area (Å²) in [5.74, 6) is 0.518. The molecule has 1 heterocycles. The van der Waals surface area contributed by atoms with E-state index in [2.05, 4.69) is 28.9 Å². The zero-order valence-corrected chi connectivity index (χ0v) is 12.3. The van der Waals surface area contributed by atoms with Crippen molar-refractivity contribution >= 4 is 28.9 Å². The molecule has 0 amide bonds. The highest BCUT2D eigenvalue weighted by molar-refractivity contribution is 6.33. The Morgan fingerprint density at radius 1 is 1.17 bits per heavy atom. The van der Waals surface area contributed by atoms with Crippen LogP contribution >= 0.6 is 23.2 Å². The van der Waals surface area contributed by atoms with Crippen LogP contribution in [0.15, 0.2) is 18.2 Å². The maximum atomic E-state index is 6.33. The van der Waals surface area contributed by atoms with Gasteiger partial charge in [-0.25, -0.2) is 0 Å². The summed E-state index contributed by atoms with van der Waals surface area (Å²) in [6.07, 6.45) is 1.23. The average molecular weight is 287 g/mol. The van der Waals surface area contributed by atoms with Gasteiger partial charge < -0.3 is 4.90 Å². The zero-order valence-electron chi connectivity index (χ0n) is 10.8. The van der Waals surface area contributed by atoms with Crippen LogP contribution in [0.2, 0.25) is 5.02 Å². The Morgan fingerprint density at radius 2 is 1.89 bits per heavy atom. The summed E-state index contributed by atoms with van der Waals surface area (Å²) in [7, 11) is 0. The molecule has 1 saturated heterocycles. The van der Waals surface area contributed by atoms with Crippen LogP contribution in [0.4, 0.5) is 5.69 Å². The molecule has 0 aromatic heterocycles. The van der Waals surface area contributed by atoms with E-state index < -0.39 is 0 Å². The molecule has 1 aliphatic heterocycles. The van der Waals surface area contributed by atoms with Crippen molar-refractivity contribution in [3.8, 4) is 0 Å². The van der Waals surface area contributed by atoms with Gasteiger partial charge in [0.25, 0.3) is 0 Å². The molecular formula is C14H20Cl2N2. The molecule has 4 heteroatoms. The molecule has 0 radical (unpaired) electrons. The third-order valence-corrected chi connectivity index (χ3v) is 4.03. The standard InChI is InChI=1S/C14H20Cl2N2/c1-2-5-17-6-8-18(9-7-17)14-4-3-12(11-15)10-13(14)16/h3-4,10H,2,5-9,11H2,1H3. The summed E-state index contributed by atoms with van der Waals surface area (Å²) in [6.45, 7) is 7.80. The summed E-state index contributed by atoms with van der Waals surface area (Å²) in [4.78, 5) is 4.88. The van der Waals surface area contributed by atoms with Crippen LogP contribution in [-0.4, -0.2) is 37.6 Å². The molecule has 0 bridgehead atoms. The van der Waals surface area contributed by atoms with Gasteiger partial charge in [0.2, 0.25) is 0 Å². The van der Waals surface area contributed by atoms with E-state index in [0.29, 0.717) is 5.88 Å². The van der Waals surface area contributed by atoms with Crippen LogP contribution in [0.5, 0.6) is 0 Å². The van der Waals surface area contributed by atoms with Crippen LogP contribution in [0.3, 0.4) is 0 Å². The van der Waals surface area contributed by atoms with E-state index in [1.165, 1.54) is 13.0 Å². The second kappa shape index (κ2) is 6.65. The lowest BCUT2D eigenvalue weighted by molar-refractivity contribution is 0.258. The largest absolute Gasteiger partial charge is 0.368 e. The molecule has 0 N–H and O–H groups in total. The number of alkyl halides is 1. The van der Waals surface area contributed by atoms with Gasteiger partial charge in [-0.15, -0.1) is 11.6 Å². The second-order valence-corrected chi connectivity index (χ2v) is 5.42. The molecule has 2 rings (SSSR count). The summed E-state index contributed by atoms with van der Waals surface area (Å²) in [5, 5.41) is 0.817. The first-order valence-electron chi connectivity index (χ1n) is 6.56. The number of hydrogen-bond acceptors (Lipinski definition) is 2. The minimum Gasteiger partial charge on any atom is -0.368 e. The van der Waals surface area contributed by atoms with Crippen LogP contribution < -0.4 is 4.90 Å². The Balaban J connectivity index is 2.01. The number of anilines is 1. The number of piperazine rings is 1. The maximum Gasteiger partial charge on any atom is 0.0642 e. The molecule has 1 aromatic carbocycles. The van der Waals surface area contributed by atoms with Crippen LogP contribution in [-0.2, 0) is 5.88 Å². The molecule has 1 aliphatic rings. The smallest absolute Gasteiger partial charge is 0.0642 e. The predicted octanol–water partition coefficient (Wildman–Crippen LogP) is 3.61. The maximum absolute atomic E-state index is 6.33. The first-order valence-corrected chi connectivity index (χ1v) is 7.47. The Bertz CT molecular complexity index is 387.